The first-order chi connectivity index (χ1) is 18.5. The zero-order valence-corrected chi connectivity index (χ0v) is 23.0. The SMILES string of the molecule is CCC[C@H]1CC[C@H](CCCCc2ccc(-c3ccc(C4O[C@@H](C(=O)OC)[C@H](C(=O)OC)O4)cc3)cc2)CC1. The number of ether oxygens (including phenoxy) is 4. The Kier molecular flexibility index (Phi) is 10.4. The molecule has 38 heavy (non-hydrogen) atoms. The van der Waals surface area contributed by atoms with E-state index in [0.717, 1.165) is 29.4 Å². The van der Waals surface area contributed by atoms with Crippen molar-refractivity contribution in [2.45, 2.75) is 89.6 Å². The summed E-state index contributed by atoms with van der Waals surface area (Å²) in [5.41, 5.74) is 4.31. The molecule has 0 amide bonds. The average molecular weight is 523 g/mol. The van der Waals surface area contributed by atoms with E-state index in [9.17, 15) is 9.59 Å². The van der Waals surface area contributed by atoms with E-state index in [0.29, 0.717) is 5.56 Å². The highest BCUT2D eigenvalue weighted by Crippen LogP contribution is 2.35. The third-order valence-corrected chi connectivity index (χ3v) is 8.14. The van der Waals surface area contributed by atoms with Gasteiger partial charge in [-0.1, -0.05) is 107 Å². The lowest BCUT2D eigenvalue weighted by molar-refractivity contribution is -0.160. The molecule has 0 N–H and O–H groups in total. The fourth-order valence-corrected chi connectivity index (χ4v) is 5.86. The van der Waals surface area contributed by atoms with Gasteiger partial charge in [0.15, 0.2) is 18.5 Å². The van der Waals surface area contributed by atoms with E-state index in [1.165, 1.54) is 77.6 Å². The Morgan fingerprint density at radius 2 is 1.24 bits per heavy atom. The largest absolute Gasteiger partial charge is 0.467 e. The second kappa shape index (κ2) is 13.9. The van der Waals surface area contributed by atoms with E-state index in [4.69, 9.17) is 18.9 Å². The zero-order chi connectivity index (χ0) is 26.9. The van der Waals surface area contributed by atoms with Crippen molar-refractivity contribution in [1.82, 2.24) is 0 Å². The van der Waals surface area contributed by atoms with Crippen LogP contribution in [0.5, 0.6) is 0 Å². The number of aryl methyl sites for hydroxylation is 1. The predicted octanol–water partition coefficient (Wildman–Crippen LogP) is 6.80. The molecule has 2 aromatic rings. The number of hydrogen-bond donors (Lipinski definition) is 0. The summed E-state index contributed by atoms with van der Waals surface area (Å²) in [4.78, 5) is 24.1. The third-order valence-electron chi connectivity index (χ3n) is 8.14. The minimum Gasteiger partial charge on any atom is -0.467 e. The molecule has 1 aliphatic heterocycles. The molecular weight excluding hydrogens is 480 g/mol. The number of methoxy groups -OCH3 is 2. The van der Waals surface area contributed by atoms with E-state index in [2.05, 4.69) is 31.2 Å². The molecule has 6 nitrogen and oxygen atoms in total. The molecule has 2 aliphatic rings. The number of hydrogen-bond acceptors (Lipinski definition) is 6. The van der Waals surface area contributed by atoms with Gasteiger partial charge in [0, 0.05) is 5.56 Å². The summed E-state index contributed by atoms with van der Waals surface area (Å²) in [6, 6.07) is 16.5. The quantitative estimate of drug-likeness (QED) is 0.239. The van der Waals surface area contributed by atoms with Crippen LogP contribution in [0.15, 0.2) is 48.5 Å². The Hall–Kier alpha value is -2.70. The van der Waals surface area contributed by atoms with Gasteiger partial charge in [0.05, 0.1) is 14.2 Å². The summed E-state index contributed by atoms with van der Waals surface area (Å²) in [5, 5.41) is 0. The highest BCUT2D eigenvalue weighted by molar-refractivity contribution is 5.86. The van der Waals surface area contributed by atoms with E-state index in [1.807, 2.05) is 24.3 Å². The van der Waals surface area contributed by atoms with Crippen LogP contribution in [0.4, 0.5) is 0 Å². The Morgan fingerprint density at radius 1 is 0.737 bits per heavy atom. The van der Waals surface area contributed by atoms with Crippen molar-refractivity contribution < 1.29 is 28.5 Å². The maximum absolute atomic E-state index is 12.0. The highest BCUT2D eigenvalue weighted by atomic mass is 16.8. The lowest BCUT2D eigenvalue weighted by Gasteiger charge is -2.28. The lowest BCUT2D eigenvalue weighted by Crippen LogP contribution is -2.38. The molecular formula is C32H42O6. The van der Waals surface area contributed by atoms with Crippen LogP contribution in [0.2, 0.25) is 0 Å². The van der Waals surface area contributed by atoms with Gasteiger partial charge in [-0.05, 0) is 41.4 Å². The number of benzene rings is 2. The Labute approximate surface area is 227 Å². The van der Waals surface area contributed by atoms with Gasteiger partial charge < -0.3 is 18.9 Å². The van der Waals surface area contributed by atoms with Crippen LogP contribution < -0.4 is 0 Å². The maximum Gasteiger partial charge on any atom is 0.338 e. The van der Waals surface area contributed by atoms with Gasteiger partial charge in [0.2, 0.25) is 0 Å². The number of carbonyl (C=O) groups excluding carboxylic acids is 2. The van der Waals surface area contributed by atoms with E-state index < -0.39 is 30.4 Å². The number of carbonyl (C=O) groups is 2. The molecule has 0 aromatic heterocycles. The smallest absolute Gasteiger partial charge is 0.338 e. The van der Waals surface area contributed by atoms with E-state index in [1.54, 1.807) is 0 Å². The molecule has 0 radical (unpaired) electrons. The van der Waals surface area contributed by atoms with Crippen LogP contribution in [0.25, 0.3) is 11.1 Å². The van der Waals surface area contributed by atoms with Gasteiger partial charge in [0.25, 0.3) is 0 Å². The fraction of sp³-hybridized carbons (Fsp3) is 0.562. The summed E-state index contributed by atoms with van der Waals surface area (Å²) >= 11 is 0. The van der Waals surface area contributed by atoms with Crippen molar-refractivity contribution in [3.05, 3.63) is 59.7 Å². The van der Waals surface area contributed by atoms with Gasteiger partial charge in [0.1, 0.15) is 0 Å². The highest BCUT2D eigenvalue weighted by Gasteiger charge is 2.47. The summed E-state index contributed by atoms with van der Waals surface area (Å²) in [6.07, 6.45) is 10.4. The summed E-state index contributed by atoms with van der Waals surface area (Å²) in [5.74, 6) is 0.600. The van der Waals surface area contributed by atoms with Crippen LogP contribution in [0, 0.1) is 11.8 Å². The molecule has 0 bridgehead atoms. The van der Waals surface area contributed by atoms with Crippen LogP contribution in [0.1, 0.15) is 82.1 Å². The van der Waals surface area contributed by atoms with Crippen molar-refractivity contribution >= 4 is 11.9 Å². The normalized spacial score (nSPS) is 23.8. The van der Waals surface area contributed by atoms with Gasteiger partial charge in [-0.2, -0.15) is 0 Å². The molecule has 4 rings (SSSR count). The number of unbranched alkanes of at least 4 members (excludes halogenated alkanes) is 1. The van der Waals surface area contributed by atoms with Crippen LogP contribution in [-0.2, 0) is 35.0 Å². The van der Waals surface area contributed by atoms with E-state index >= 15 is 0 Å². The van der Waals surface area contributed by atoms with Crippen LogP contribution in [0.3, 0.4) is 0 Å². The first kappa shape index (κ1) is 28.3. The standard InChI is InChI=1S/C32H42O6/c1-4-7-22-10-12-23(13-11-22)8-5-6-9-24-14-16-25(17-15-24)26-18-20-27(21-19-26)32-37-28(30(33)35-2)29(38-32)31(34)36-3/h14-23,28-29,32H,4-13H2,1-3H3/t22-,23-,28-,29-/m1/s1. The van der Waals surface area contributed by atoms with Crippen LogP contribution in [-0.4, -0.2) is 38.4 Å². The molecule has 1 saturated heterocycles. The van der Waals surface area contributed by atoms with Crippen molar-refractivity contribution in [2.75, 3.05) is 14.2 Å². The molecule has 206 valence electrons. The van der Waals surface area contributed by atoms with Crippen molar-refractivity contribution in [3.8, 4) is 11.1 Å². The molecule has 0 unspecified atom stereocenters. The second-order valence-electron chi connectivity index (χ2n) is 10.7. The Morgan fingerprint density at radius 3 is 1.74 bits per heavy atom. The molecule has 2 atom stereocenters. The van der Waals surface area contributed by atoms with Gasteiger partial charge in [-0.15, -0.1) is 0 Å². The average Bonchev–Trinajstić information content (AvgIpc) is 3.42. The topological polar surface area (TPSA) is 71.1 Å². The summed E-state index contributed by atoms with van der Waals surface area (Å²) < 4.78 is 20.9. The monoisotopic (exact) mass is 522 g/mol. The molecule has 6 heteroatoms. The first-order valence-corrected chi connectivity index (χ1v) is 14.2. The lowest BCUT2D eigenvalue weighted by atomic mass is 9.78. The van der Waals surface area contributed by atoms with Gasteiger partial charge >= 0.3 is 11.9 Å². The van der Waals surface area contributed by atoms with Crippen molar-refractivity contribution in [1.29, 1.82) is 0 Å². The molecule has 1 aliphatic carbocycles. The second-order valence-corrected chi connectivity index (χ2v) is 10.7. The molecule has 2 fully saturated rings. The minimum absolute atomic E-state index is 0.672. The third kappa shape index (κ3) is 7.23. The summed E-state index contributed by atoms with van der Waals surface area (Å²) in [6.45, 7) is 2.31. The summed E-state index contributed by atoms with van der Waals surface area (Å²) in [7, 11) is 2.49. The van der Waals surface area contributed by atoms with Crippen molar-refractivity contribution in [2.24, 2.45) is 11.8 Å². The first-order valence-electron chi connectivity index (χ1n) is 14.2. The number of esters is 2. The number of rotatable bonds is 11. The molecule has 1 saturated carbocycles. The van der Waals surface area contributed by atoms with Gasteiger partial charge in [-0.3, -0.25) is 0 Å². The van der Waals surface area contributed by atoms with E-state index in [-0.39, 0.29) is 0 Å². The fourth-order valence-electron chi connectivity index (χ4n) is 5.86. The Balaban J connectivity index is 1.25. The van der Waals surface area contributed by atoms with Gasteiger partial charge in [-0.25, -0.2) is 9.59 Å². The molecule has 1 heterocycles. The zero-order valence-electron chi connectivity index (χ0n) is 23.0. The maximum atomic E-state index is 12.0. The molecule has 2 aromatic carbocycles. The molecule has 0 spiro atoms. The minimum atomic E-state index is -1.16. The Bertz CT molecular complexity index is 999. The van der Waals surface area contributed by atoms with Crippen molar-refractivity contribution in [3.63, 3.8) is 0 Å². The van der Waals surface area contributed by atoms with Crippen LogP contribution >= 0.6 is 0 Å². The predicted molar refractivity (Wildman–Crippen MR) is 146 cm³/mol.